The lowest BCUT2D eigenvalue weighted by molar-refractivity contribution is -0.385. The number of nitrogens with zero attached hydrogens (tertiary/aromatic N) is 2. The molecule has 1 heterocycles. The van der Waals surface area contributed by atoms with Crippen LogP contribution in [0.4, 0.5) is 16.2 Å². The molecule has 0 radical (unpaired) electrons. The molecule has 0 atom stereocenters. The second kappa shape index (κ2) is 4.99. The molecule has 7 heteroatoms. The van der Waals surface area contributed by atoms with Gasteiger partial charge in [0.2, 0.25) is 0 Å². The summed E-state index contributed by atoms with van der Waals surface area (Å²) < 4.78 is 5.02. The normalized spacial score (nSPS) is 10.9. The summed E-state index contributed by atoms with van der Waals surface area (Å²) >= 11 is 0. The standard InChI is InChI=1S/C11H15N3O4/c1-7-9(14(16)17)5-8(6-12-7)13-10(15)18-11(2,3)4/h5-6H,1-4H3,(H,13,15). The second-order valence-corrected chi connectivity index (χ2v) is 4.71. The zero-order valence-corrected chi connectivity index (χ0v) is 10.7. The van der Waals surface area contributed by atoms with Crippen LogP contribution in [0, 0.1) is 17.0 Å². The van der Waals surface area contributed by atoms with Gasteiger partial charge >= 0.3 is 6.09 Å². The summed E-state index contributed by atoms with van der Waals surface area (Å²) in [4.78, 5) is 25.5. The van der Waals surface area contributed by atoms with Crippen LogP contribution in [0.5, 0.6) is 0 Å². The molecule has 98 valence electrons. The third-order valence-corrected chi connectivity index (χ3v) is 1.90. The molecular formula is C11H15N3O4. The van der Waals surface area contributed by atoms with Gasteiger partial charge in [-0.1, -0.05) is 0 Å². The van der Waals surface area contributed by atoms with E-state index in [2.05, 4.69) is 10.3 Å². The van der Waals surface area contributed by atoms with Gasteiger partial charge in [-0.25, -0.2) is 4.79 Å². The molecule has 0 unspecified atom stereocenters. The maximum atomic E-state index is 11.5. The quantitative estimate of drug-likeness (QED) is 0.645. The summed E-state index contributed by atoms with van der Waals surface area (Å²) in [5.74, 6) is 0. The molecule has 1 amide bonds. The molecule has 7 nitrogen and oxygen atoms in total. The first kappa shape index (κ1) is 13.9. The summed E-state index contributed by atoms with van der Waals surface area (Å²) in [6.07, 6.45) is 0.661. The van der Waals surface area contributed by atoms with Crippen LogP contribution in [-0.2, 0) is 4.74 Å². The molecule has 0 fully saturated rings. The molecule has 1 N–H and O–H groups in total. The average molecular weight is 253 g/mol. The molecule has 0 aliphatic rings. The van der Waals surface area contributed by atoms with E-state index in [4.69, 9.17) is 4.74 Å². The zero-order chi connectivity index (χ0) is 13.9. The van der Waals surface area contributed by atoms with Crippen molar-refractivity contribution < 1.29 is 14.5 Å². The summed E-state index contributed by atoms with van der Waals surface area (Å²) in [5.41, 5.74) is -0.270. The fourth-order valence-electron chi connectivity index (χ4n) is 1.20. The SMILES string of the molecule is Cc1ncc(NC(=O)OC(C)(C)C)cc1[N+](=O)[O-]. The Labute approximate surface area is 104 Å². The van der Waals surface area contributed by atoms with Crippen molar-refractivity contribution in [2.75, 3.05) is 5.32 Å². The molecule has 0 aliphatic carbocycles. The van der Waals surface area contributed by atoms with Crippen LogP contribution in [0.1, 0.15) is 26.5 Å². The first-order valence-electron chi connectivity index (χ1n) is 5.30. The predicted octanol–water partition coefficient (Wildman–Crippen LogP) is 2.65. The molecule has 0 saturated heterocycles. The number of hydrogen-bond donors (Lipinski definition) is 1. The average Bonchev–Trinajstić information content (AvgIpc) is 2.17. The number of aryl methyl sites for hydroxylation is 1. The highest BCUT2D eigenvalue weighted by Gasteiger charge is 2.18. The van der Waals surface area contributed by atoms with Crippen molar-refractivity contribution in [2.24, 2.45) is 0 Å². The molecule has 0 aromatic carbocycles. The highest BCUT2D eigenvalue weighted by atomic mass is 16.6. The number of amides is 1. The van der Waals surface area contributed by atoms with E-state index in [1.54, 1.807) is 20.8 Å². The largest absolute Gasteiger partial charge is 0.444 e. The van der Waals surface area contributed by atoms with Gasteiger partial charge in [0.1, 0.15) is 11.3 Å². The Morgan fingerprint density at radius 3 is 2.61 bits per heavy atom. The number of ether oxygens (including phenoxy) is 1. The van der Waals surface area contributed by atoms with E-state index in [0.29, 0.717) is 0 Å². The Bertz CT molecular complexity index is 480. The Hall–Kier alpha value is -2.18. The van der Waals surface area contributed by atoms with Crippen molar-refractivity contribution in [3.05, 3.63) is 28.1 Å². The lowest BCUT2D eigenvalue weighted by Gasteiger charge is -2.19. The maximum absolute atomic E-state index is 11.5. The van der Waals surface area contributed by atoms with E-state index in [1.807, 2.05) is 0 Å². The Balaban J connectivity index is 2.83. The number of hydrogen-bond acceptors (Lipinski definition) is 5. The van der Waals surface area contributed by atoms with Crippen LogP contribution in [0.3, 0.4) is 0 Å². The van der Waals surface area contributed by atoms with Crippen LogP contribution >= 0.6 is 0 Å². The van der Waals surface area contributed by atoms with Crippen molar-refractivity contribution in [2.45, 2.75) is 33.3 Å². The number of nitrogens with one attached hydrogen (secondary N) is 1. The zero-order valence-electron chi connectivity index (χ0n) is 10.7. The fraction of sp³-hybridized carbons (Fsp3) is 0.455. The number of anilines is 1. The van der Waals surface area contributed by atoms with Crippen LogP contribution in [0.15, 0.2) is 12.3 Å². The number of carbonyl (C=O) groups excluding carboxylic acids is 1. The number of nitro groups is 1. The number of aromatic nitrogens is 1. The smallest absolute Gasteiger partial charge is 0.412 e. The van der Waals surface area contributed by atoms with Crippen molar-refractivity contribution in [3.8, 4) is 0 Å². The lowest BCUT2D eigenvalue weighted by Crippen LogP contribution is -2.27. The molecular weight excluding hydrogens is 238 g/mol. The molecule has 0 saturated carbocycles. The number of carbonyl (C=O) groups is 1. The highest BCUT2D eigenvalue weighted by molar-refractivity contribution is 5.85. The van der Waals surface area contributed by atoms with Crippen LogP contribution in [0.2, 0.25) is 0 Å². The molecule has 0 bridgehead atoms. The van der Waals surface area contributed by atoms with E-state index in [1.165, 1.54) is 19.2 Å². The number of rotatable bonds is 2. The van der Waals surface area contributed by atoms with Gasteiger partial charge in [-0.05, 0) is 27.7 Å². The van der Waals surface area contributed by atoms with Gasteiger partial charge in [-0.2, -0.15) is 0 Å². The van der Waals surface area contributed by atoms with Gasteiger partial charge in [0.05, 0.1) is 16.8 Å². The third-order valence-electron chi connectivity index (χ3n) is 1.90. The summed E-state index contributed by atoms with van der Waals surface area (Å²) in [6.45, 7) is 6.70. The van der Waals surface area contributed by atoms with Gasteiger partial charge in [-0.15, -0.1) is 0 Å². The topological polar surface area (TPSA) is 94.4 Å². The fourth-order valence-corrected chi connectivity index (χ4v) is 1.20. The molecule has 1 rings (SSSR count). The summed E-state index contributed by atoms with van der Waals surface area (Å²) in [7, 11) is 0. The van der Waals surface area contributed by atoms with E-state index >= 15 is 0 Å². The summed E-state index contributed by atoms with van der Waals surface area (Å²) in [6, 6.07) is 1.24. The van der Waals surface area contributed by atoms with E-state index in [9.17, 15) is 14.9 Å². The molecule has 18 heavy (non-hydrogen) atoms. The number of pyridine rings is 1. The van der Waals surface area contributed by atoms with E-state index in [-0.39, 0.29) is 17.1 Å². The predicted molar refractivity (Wildman–Crippen MR) is 65.5 cm³/mol. The first-order valence-corrected chi connectivity index (χ1v) is 5.30. The van der Waals surface area contributed by atoms with Crippen molar-refractivity contribution in [1.82, 2.24) is 4.98 Å². The minimum absolute atomic E-state index is 0.149. The third kappa shape index (κ3) is 4.00. The minimum atomic E-state index is -0.678. The van der Waals surface area contributed by atoms with Gasteiger partial charge in [0, 0.05) is 6.07 Å². The van der Waals surface area contributed by atoms with E-state index in [0.717, 1.165) is 0 Å². The van der Waals surface area contributed by atoms with Crippen LogP contribution in [0.25, 0.3) is 0 Å². The Morgan fingerprint density at radius 1 is 1.50 bits per heavy atom. The van der Waals surface area contributed by atoms with Crippen LogP contribution < -0.4 is 5.32 Å². The van der Waals surface area contributed by atoms with Crippen molar-refractivity contribution in [1.29, 1.82) is 0 Å². The Kier molecular flexibility index (Phi) is 3.85. The van der Waals surface area contributed by atoms with Crippen molar-refractivity contribution >= 4 is 17.5 Å². The van der Waals surface area contributed by atoms with E-state index < -0.39 is 16.6 Å². The minimum Gasteiger partial charge on any atom is -0.444 e. The Morgan fingerprint density at radius 2 is 2.11 bits per heavy atom. The van der Waals surface area contributed by atoms with Crippen LogP contribution in [-0.4, -0.2) is 21.6 Å². The van der Waals surface area contributed by atoms with Gasteiger partial charge in [0.15, 0.2) is 0 Å². The molecule has 0 aliphatic heterocycles. The van der Waals surface area contributed by atoms with Gasteiger partial charge in [0.25, 0.3) is 5.69 Å². The monoisotopic (exact) mass is 253 g/mol. The summed E-state index contributed by atoms with van der Waals surface area (Å²) in [5, 5.41) is 13.1. The molecule has 0 spiro atoms. The van der Waals surface area contributed by atoms with Gasteiger partial charge < -0.3 is 4.74 Å². The molecule has 1 aromatic rings. The second-order valence-electron chi connectivity index (χ2n) is 4.71. The molecule has 1 aromatic heterocycles. The maximum Gasteiger partial charge on any atom is 0.412 e. The van der Waals surface area contributed by atoms with Crippen molar-refractivity contribution in [3.63, 3.8) is 0 Å². The first-order chi connectivity index (χ1) is 8.19. The van der Waals surface area contributed by atoms with Gasteiger partial charge in [-0.3, -0.25) is 20.4 Å². The lowest BCUT2D eigenvalue weighted by atomic mass is 10.2. The highest BCUT2D eigenvalue weighted by Crippen LogP contribution is 2.20.